The Bertz CT molecular complexity index is 1060. The number of ether oxygens (including phenoxy) is 1. The SMILES string of the molecule is O=C(/C=C\c1ccco1)Oc1ccc(Br)cc1/C=N/NC(=O)c1ccc(F)cc1. The van der Waals surface area contributed by atoms with Gasteiger partial charge in [0.15, 0.2) is 0 Å². The lowest BCUT2D eigenvalue weighted by Crippen LogP contribution is -2.17. The van der Waals surface area contributed by atoms with Crippen LogP contribution in [0.1, 0.15) is 21.7 Å². The highest BCUT2D eigenvalue weighted by Crippen LogP contribution is 2.22. The molecule has 0 atom stereocenters. The average Bonchev–Trinajstić information content (AvgIpc) is 3.22. The quantitative estimate of drug-likeness (QED) is 0.194. The van der Waals surface area contributed by atoms with E-state index in [1.54, 1.807) is 30.3 Å². The van der Waals surface area contributed by atoms with E-state index in [4.69, 9.17) is 9.15 Å². The number of amides is 1. The van der Waals surface area contributed by atoms with Crippen molar-refractivity contribution in [2.24, 2.45) is 5.10 Å². The Labute approximate surface area is 173 Å². The zero-order valence-electron chi connectivity index (χ0n) is 14.8. The van der Waals surface area contributed by atoms with Crippen LogP contribution in [-0.2, 0) is 4.79 Å². The summed E-state index contributed by atoms with van der Waals surface area (Å²) in [4.78, 5) is 24.0. The second-order valence-electron chi connectivity index (χ2n) is 5.66. The van der Waals surface area contributed by atoms with Crippen molar-refractivity contribution in [2.75, 3.05) is 0 Å². The second kappa shape index (κ2) is 9.61. The van der Waals surface area contributed by atoms with E-state index in [-0.39, 0.29) is 11.3 Å². The number of rotatable bonds is 6. The highest BCUT2D eigenvalue weighted by Gasteiger charge is 2.08. The van der Waals surface area contributed by atoms with E-state index in [2.05, 4.69) is 26.5 Å². The van der Waals surface area contributed by atoms with Crippen LogP contribution in [0.2, 0.25) is 0 Å². The molecule has 6 nitrogen and oxygen atoms in total. The minimum Gasteiger partial charge on any atom is -0.465 e. The Morgan fingerprint density at radius 3 is 2.66 bits per heavy atom. The normalized spacial score (nSPS) is 11.1. The van der Waals surface area contributed by atoms with Gasteiger partial charge in [-0.15, -0.1) is 0 Å². The van der Waals surface area contributed by atoms with Crippen LogP contribution in [0.25, 0.3) is 6.08 Å². The Hall–Kier alpha value is -3.52. The van der Waals surface area contributed by atoms with Crippen LogP contribution < -0.4 is 10.2 Å². The summed E-state index contributed by atoms with van der Waals surface area (Å²) in [5, 5.41) is 3.87. The zero-order chi connectivity index (χ0) is 20.6. The number of nitrogens with zero attached hydrogens (tertiary/aromatic N) is 1. The first-order valence-corrected chi connectivity index (χ1v) is 9.12. The van der Waals surface area contributed by atoms with Gasteiger partial charge in [-0.3, -0.25) is 4.79 Å². The van der Waals surface area contributed by atoms with Crippen molar-refractivity contribution in [3.63, 3.8) is 0 Å². The highest BCUT2D eigenvalue weighted by atomic mass is 79.9. The van der Waals surface area contributed by atoms with Crippen molar-refractivity contribution in [3.8, 4) is 5.75 Å². The molecule has 0 bridgehead atoms. The van der Waals surface area contributed by atoms with E-state index < -0.39 is 17.7 Å². The first-order chi connectivity index (χ1) is 14.0. The summed E-state index contributed by atoms with van der Waals surface area (Å²) in [6, 6.07) is 13.4. The molecule has 3 rings (SSSR count). The van der Waals surface area contributed by atoms with Gasteiger partial charge in [0, 0.05) is 21.7 Å². The fourth-order valence-electron chi connectivity index (χ4n) is 2.22. The number of esters is 1. The smallest absolute Gasteiger partial charge is 0.336 e. The molecule has 0 radical (unpaired) electrons. The Morgan fingerprint density at radius 2 is 1.93 bits per heavy atom. The van der Waals surface area contributed by atoms with Crippen LogP contribution in [0.4, 0.5) is 4.39 Å². The van der Waals surface area contributed by atoms with Gasteiger partial charge in [-0.05, 0) is 60.7 Å². The third-order valence-corrected chi connectivity index (χ3v) is 4.08. The van der Waals surface area contributed by atoms with Gasteiger partial charge in [-0.2, -0.15) is 5.10 Å². The van der Waals surface area contributed by atoms with Crippen molar-refractivity contribution in [2.45, 2.75) is 0 Å². The third-order valence-electron chi connectivity index (χ3n) is 3.59. The van der Waals surface area contributed by atoms with E-state index in [1.165, 1.54) is 48.9 Å². The molecule has 1 heterocycles. The average molecular weight is 457 g/mol. The fraction of sp³-hybridized carbons (Fsp3) is 0. The van der Waals surface area contributed by atoms with Crippen LogP contribution in [0.15, 0.2) is 80.9 Å². The maximum atomic E-state index is 12.9. The number of carbonyl (C=O) groups is 2. The van der Waals surface area contributed by atoms with Crippen molar-refractivity contribution >= 4 is 40.1 Å². The molecular weight excluding hydrogens is 443 g/mol. The molecule has 1 aromatic heterocycles. The largest absolute Gasteiger partial charge is 0.465 e. The Morgan fingerprint density at radius 1 is 1.14 bits per heavy atom. The molecule has 8 heteroatoms. The van der Waals surface area contributed by atoms with Gasteiger partial charge >= 0.3 is 5.97 Å². The molecule has 0 fully saturated rings. The van der Waals surface area contributed by atoms with Crippen LogP contribution >= 0.6 is 15.9 Å². The number of hydrogen-bond donors (Lipinski definition) is 1. The third kappa shape index (κ3) is 5.98. The number of hydrogen-bond acceptors (Lipinski definition) is 5. The van der Waals surface area contributed by atoms with Crippen molar-refractivity contribution in [3.05, 3.63) is 94.1 Å². The predicted octanol–water partition coefficient (Wildman–Crippen LogP) is 4.56. The molecule has 3 aromatic rings. The van der Waals surface area contributed by atoms with Gasteiger partial charge in [0.05, 0.1) is 12.5 Å². The van der Waals surface area contributed by atoms with E-state index >= 15 is 0 Å². The standard InChI is InChI=1S/C21H14BrFN2O4/c22-16-5-9-19(29-20(26)10-8-18-2-1-11-28-18)15(12-16)13-24-25-21(27)14-3-6-17(23)7-4-14/h1-13H,(H,25,27)/b10-8-,24-13+. The number of furan rings is 1. The maximum absolute atomic E-state index is 12.9. The van der Waals surface area contributed by atoms with Crippen molar-refractivity contribution in [1.29, 1.82) is 0 Å². The van der Waals surface area contributed by atoms with E-state index in [0.717, 1.165) is 4.47 Å². The molecule has 0 aliphatic carbocycles. The van der Waals surface area contributed by atoms with Crippen LogP contribution in [0.3, 0.4) is 0 Å². The van der Waals surface area contributed by atoms with Crippen molar-refractivity contribution < 1.29 is 23.1 Å². The molecule has 2 aromatic carbocycles. The van der Waals surface area contributed by atoms with Crippen LogP contribution in [0.5, 0.6) is 5.75 Å². The number of hydrazone groups is 1. The summed E-state index contributed by atoms with van der Waals surface area (Å²) < 4.78 is 24.1. The predicted molar refractivity (Wildman–Crippen MR) is 109 cm³/mol. The molecule has 0 saturated carbocycles. The molecule has 1 N–H and O–H groups in total. The Kier molecular flexibility index (Phi) is 6.70. The van der Waals surface area contributed by atoms with E-state index in [0.29, 0.717) is 11.3 Å². The van der Waals surface area contributed by atoms with Gasteiger partial charge in [-0.25, -0.2) is 14.6 Å². The lowest BCUT2D eigenvalue weighted by molar-refractivity contribution is -0.128. The summed E-state index contributed by atoms with van der Waals surface area (Å²) in [5.41, 5.74) is 3.05. The highest BCUT2D eigenvalue weighted by molar-refractivity contribution is 9.10. The summed E-state index contributed by atoms with van der Waals surface area (Å²) in [7, 11) is 0. The molecule has 0 spiro atoms. The first-order valence-electron chi connectivity index (χ1n) is 8.33. The summed E-state index contributed by atoms with van der Waals surface area (Å²) in [6.45, 7) is 0. The topological polar surface area (TPSA) is 80.9 Å². The minimum absolute atomic E-state index is 0.252. The number of carbonyl (C=O) groups excluding carboxylic acids is 2. The molecule has 146 valence electrons. The number of nitrogens with one attached hydrogen (secondary N) is 1. The molecular formula is C21H14BrFN2O4. The van der Waals surface area contributed by atoms with Gasteiger partial charge in [0.1, 0.15) is 17.3 Å². The zero-order valence-corrected chi connectivity index (χ0v) is 16.4. The summed E-state index contributed by atoms with van der Waals surface area (Å²) >= 11 is 3.33. The monoisotopic (exact) mass is 456 g/mol. The minimum atomic E-state index is -0.603. The van der Waals surface area contributed by atoms with E-state index in [1.807, 2.05) is 0 Å². The molecule has 0 unspecified atom stereocenters. The molecule has 0 saturated heterocycles. The van der Waals surface area contributed by atoms with Crippen molar-refractivity contribution in [1.82, 2.24) is 5.43 Å². The lowest BCUT2D eigenvalue weighted by atomic mass is 10.2. The molecule has 0 aliphatic rings. The van der Waals surface area contributed by atoms with E-state index in [9.17, 15) is 14.0 Å². The second-order valence-corrected chi connectivity index (χ2v) is 6.57. The van der Waals surface area contributed by atoms with Gasteiger partial charge in [0.2, 0.25) is 0 Å². The van der Waals surface area contributed by atoms with Crippen LogP contribution in [0, 0.1) is 5.82 Å². The number of benzene rings is 2. The van der Waals surface area contributed by atoms with Gasteiger partial charge in [-0.1, -0.05) is 15.9 Å². The first kappa shape index (κ1) is 20.2. The lowest BCUT2D eigenvalue weighted by Gasteiger charge is -2.06. The fourth-order valence-corrected chi connectivity index (χ4v) is 2.60. The number of halogens is 2. The van der Waals surface area contributed by atoms with Gasteiger partial charge < -0.3 is 9.15 Å². The Balaban J connectivity index is 1.67. The molecule has 0 aliphatic heterocycles. The van der Waals surface area contributed by atoms with Crippen LogP contribution in [-0.4, -0.2) is 18.1 Å². The summed E-state index contributed by atoms with van der Waals surface area (Å²) in [6.07, 6.45) is 5.55. The summed E-state index contributed by atoms with van der Waals surface area (Å²) in [5.74, 6) is -0.776. The molecule has 1 amide bonds. The maximum Gasteiger partial charge on any atom is 0.336 e. The van der Waals surface area contributed by atoms with Gasteiger partial charge in [0.25, 0.3) is 5.91 Å². The molecule has 29 heavy (non-hydrogen) atoms.